The van der Waals surface area contributed by atoms with E-state index in [2.05, 4.69) is 5.32 Å². The Bertz CT molecular complexity index is 476. The van der Waals surface area contributed by atoms with Crippen LogP contribution in [0.3, 0.4) is 0 Å². The van der Waals surface area contributed by atoms with Crippen LogP contribution in [0.2, 0.25) is 0 Å². The van der Waals surface area contributed by atoms with E-state index in [0.29, 0.717) is 13.1 Å². The molecule has 5 heteroatoms. The number of ketones is 1. The molecular formula is C13H15FN2O2. The smallest absolute Gasteiger partial charge is 0.237 e. The maximum absolute atomic E-state index is 13.4. The quantitative estimate of drug-likeness (QED) is 0.808. The summed E-state index contributed by atoms with van der Waals surface area (Å²) in [5.74, 6) is -0.908. The molecule has 1 amide bonds. The molecule has 1 saturated heterocycles. The Balaban J connectivity index is 2.08. The molecule has 18 heavy (non-hydrogen) atoms. The second kappa shape index (κ2) is 5.27. The Kier molecular flexibility index (Phi) is 3.72. The van der Waals surface area contributed by atoms with Gasteiger partial charge in [0.2, 0.25) is 5.91 Å². The van der Waals surface area contributed by atoms with Gasteiger partial charge in [-0.2, -0.15) is 0 Å². The van der Waals surface area contributed by atoms with E-state index in [1.54, 1.807) is 24.0 Å². The zero-order valence-corrected chi connectivity index (χ0v) is 10.1. The van der Waals surface area contributed by atoms with Crippen LogP contribution in [0.1, 0.15) is 17.3 Å². The lowest BCUT2D eigenvalue weighted by Crippen LogP contribution is -2.55. The number of benzene rings is 1. The van der Waals surface area contributed by atoms with Crippen molar-refractivity contribution in [3.8, 4) is 0 Å². The summed E-state index contributed by atoms with van der Waals surface area (Å²) in [4.78, 5) is 25.2. The van der Waals surface area contributed by atoms with E-state index in [0.717, 1.165) is 0 Å². The minimum absolute atomic E-state index is 0.0650. The Morgan fingerprint density at radius 3 is 2.94 bits per heavy atom. The number of carbonyl (C=O) groups excluding carboxylic acids is 2. The van der Waals surface area contributed by atoms with Gasteiger partial charge in [-0.05, 0) is 19.1 Å². The number of amides is 1. The fourth-order valence-electron chi connectivity index (χ4n) is 2.00. The fourth-order valence-corrected chi connectivity index (χ4v) is 2.00. The van der Waals surface area contributed by atoms with Gasteiger partial charge < -0.3 is 5.32 Å². The van der Waals surface area contributed by atoms with E-state index in [-0.39, 0.29) is 29.8 Å². The van der Waals surface area contributed by atoms with Gasteiger partial charge in [0.1, 0.15) is 5.82 Å². The van der Waals surface area contributed by atoms with Crippen LogP contribution in [-0.2, 0) is 4.79 Å². The highest BCUT2D eigenvalue weighted by atomic mass is 19.1. The average molecular weight is 250 g/mol. The zero-order chi connectivity index (χ0) is 13.1. The van der Waals surface area contributed by atoms with Crippen LogP contribution in [-0.4, -0.2) is 42.3 Å². The topological polar surface area (TPSA) is 49.4 Å². The second-order valence-corrected chi connectivity index (χ2v) is 4.34. The van der Waals surface area contributed by atoms with Crippen LogP contribution in [0.5, 0.6) is 0 Å². The molecule has 1 heterocycles. The first-order chi connectivity index (χ1) is 8.59. The first-order valence-corrected chi connectivity index (χ1v) is 5.89. The molecule has 96 valence electrons. The maximum atomic E-state index is 13.4. The van der Waals surface area contributed by atoms with Crippen LogP contribution in [0, 0.1) is 5.82 Å². The molecule has 4 nitrogen and oxygen atoms in total. The number of Topliss-reactive ketones (excluding diaryl/α,β-unsaturated/α-hetero) is 1. The highest BCUT2D eigenvalue weighted by Crippen LogP contribution is 2.10. The molecule has 0 aromatic heterocycles. The first-order valence-electron chi connectivity index (χ1n) is 5.89. The standard InChI is InChI=1S/C13H15FN2O2/c1-9-13(18)15-6-7-16(9)8-12(17)10-4-2-3-5-11(10)14/h2-5,9H,6-8H2,1H3,(H,15,18). The molecule has 1 fully saturated rings. The summed E-state index contributed by atoms with van der Waals surface area (Å²) in [7, 11) is 0. The van der Waals surface area contributed by atoms with Crippen LogP contribution in [0.15, 0.2) is 24.3 Å². The minimum Gasteiger partial charge on any atom is -0.353 e. The van der Waals surface area contributed by atoms with Crippen LogP contribution in [0.25, 0.3) is 0 Å². The highest BCUT2D eigenvalue weighted by Gasteiger charge is 2.27. The number of piperazine rings is 1. The van der Waals surface area contributed by atoms with E-state index in [9.17, 15) is 14.0 Å². The molecule has 2 rings (SSSR count). The van der Waals surface area contributed by atoms with Crippen LogP contribution >= 0.6 is 0 Å². The van der Waals surface area contributed by atoms with Crippen molar-refractivity contribution in [2.45, 2.75) is 13.0 Å². The number of hydrogen-bond acceptors (Lipinski definition) is 3. The van der Waals surface area contributed by atoms with Gasteiger partial charge in [-0.15, -0.1) is 0 Å². The molecule has 1 unspecified atom stereocenters. The molecule has 1 aliphatic rings. The van der Waals surface area contributed by atoms with Crippen LogP contribution < -0.4 is 5.32 Å². The molecule has 1 N–H and O–H groups in total. The summed E-state index contributed by atoms with van der Waals surface area (Å²) < 4.78 is 13.4. The summed E-state index contributed by atoms with van der Waals surface area (Å²) in [6, 6.07) is 5.55. The number of nitrogens with zero attached hydrogens (tertiary/aromatic N) is 1. The first kappa shape index (κ1) is 12.7. The third kappa shape index (κ3) is 2.56. The molecule has 1 aliphatic heterocycles. The lowest BCUT2D eigenvalue weighted by atomic mass is 10.1. The summed E-state index contributed by atoms with van der Waals surface area (Å²) in [5.41, 5.74) is 0.0793. The maximum Gasteiger partial charge on any atom is 0.237 e. The molecule has 0 spiro atoms. The van der Waals surface area contributed by atoms with Crippen molar-refractivity contribution in [3.05, 3.63) is 35.6 Å². The van der Waals surface area contributed by atoms with E-state index >= 15 is 0 Å². The van der Waals surface area contributed by atoms with Gasteiger partial charge in [0.15, 0.2) is 5.78 Å². The molecule has 1 aromatic rings. The van der Waals surface area contributed by atoms with Crippen molar-refractivity contribution in [1.29, 1.82) is 0 Å². The summed E-state index contributed by atoms with van der Waals surface area (Å²) >= 11 is 0. The van der Waals surface area contributed by atoms with E-state index < -0.39 is 5.82 Å². The SMILES string of the molecule is CC1C(=O)NCCN1CC(=O)c1ccccc1F. The van der Waals surface area contributed by atoms with Gasteiger partial charge in [0.25, 0.3) is 0 Å². The predicted octanol–water partition coefficient (Wildman–Crippen LogP) is 0.829. The van der Waals surface area contributed by atoms with Crippen molar-refractivity contribution >= 4 is 11.7 Å². The van der Waals surface area contributed by atoms with Gasteiger partial charge in [0.05, 0.1) is 18.2 Å². The van der Waals surface area contributed by atoms with Gasteiger partial charge in [-0.3, -0.25) is 14.5 Å². The Morgan fingerprint density at radius 1 is 1.50 bits per heavy atom. The normalized spacial score (nSPS) is 20.6. The molecule has 1 atom stereocenters. The number of rotatable bonds is 3. The molecular weight excluding hydrogens is 235 g/mol. The summed E-state index contributed by atoms with van der Waals surface area (Å²) in [6.07, 6.45) is 0. The number of carbonyl (C=O) groups is 2. The predicted molar refractivity (Wildman–Crippen MR) is 64.8 cm³/mol. The number of hydrogen-bond donors (Lipinski definition) is 1. The van der Waals surface area contributed by atoms with Crippen molar-refractivity contribution in [1.82, 2.24) is 10.2 Å². The largest absolute Gasteiger partial charge is 0.353 e. The molecule has 0 aliphatic carbocycles. The van der Waals surface area contributed by atoms with Crippen molar-refractivity contribution in [3.63, 3.8) is 0 Å². The monoisotopic (exact) mass is 250 g/mol. The Hall–Kier alpha value is -1.75. The molecule has 0 bridgehead atoms. The lowest BCUT2D eigenvalue weighted by Gasteiger charge is -2.32. The molecule has 1 aromatic carbocycles. The second-order valence-electron chi connectivity index (χ2n) is 4.34. The van der Waals surface area contributed by atoms with Crippen molar-refractivity contribution in [2.24, 2.45) is 0 Å². The molecule has 0 saturated carbocycles. The van der Waals surface area contributed by atoms with Gasteiger partial charge >= 0.3 is 0 Å². The zero-order valence-electron chi connectivity index (χ0n) is 10.1. The summed E-state index contributed by atoms with van der Waals surface area (Å²) in [5, 5.41) is 2.72. The van der Waals surface area contributed by atoms with Crippen molar-refractivity contribution in [2.75, 3.05) is 19.6 Å². The highest BCUT2D eigenvalue weighted by molar-refractivity contribution is 5.98. The number of halogens is 1. The molecule has 0 radical (unpaired) electrons. The van der Waals surface area contributed by atoms with Gasteiger partial charge in [-0.1, -0.05) is 12.1 Å². The van der Waals surface area contributed by atoms with E-state index in [1.807, 2.05) is 0 Å². The number of nitrogens with one attached hydrogen (secondary N) is 1. The van der Waals surface area contributed by atoms with Crippen LogP contribution in [0.4, 0.5) is 4.39 Å². The summed E-state index contributed by atoms with van der Waals surface area (Å²) in [6.45, 7) is 2.93. The Labute approximate surface area is 105 Å². The van der Waals surface area contributed by atoms with E-state index in [1.165, 1.54) is 12.1 Å². The van der Waals surface area contributed by atoms with Gasteiger partial charge in [-0.25, -0.2) is 4.39 Å². The van der Waals surface area contributed by atoms with Crippen molar-refractivity contribution < 1.29 is 14.0 Å². The lowest BCUT2D eigenvalue weighted by molar-refractivity contribution is -0.127. The average Bonchev–Trinajstić information content (AvgIpc) is 2.35. The minimum atomic E-state index is -0.517. The van der Waals surface area contributed by atoms with Gasteiger partial charge in [0, 0.05) is 13.1 Å². The third-order valence-corrected chi connectivity index (χ3v) is 3.15. The van der Waals surface area contributed by atoms with E-state index in [4.69, 9.17) is 0 Å². The fraction of sp³-hybridized carbons (Fsp3) is 0.385. The Morgan fingerprint density at radius 2 is 2.22 bits per heavy atom. The third-order valence-electron chi connectivity index (χ3n) is 3.15.